The fourth-order valence-corrected chi connectivity index (χ4v) is 2.84. The Morgan fingerprint density at radius 1 is 1.23 bits per heavy atom. The number of amides is 1. The van der Waals surface area contributed by atoms with E-state index in [1.807, 2.05) is 51.3 Å². The highest BCUT2D eigenvalue weighted by Crippen LogP contribution is 2.24. The van der Waals surface area contributed by atoms with Crippen molar-refractivity contribution in [3.8, 4) is 0 Å². The van der Waals surface area contributed by atoms with E-state index in [1.54, 1.807) is 23.5 Å². The lowest BCUT2D eigenvalue weighted by molar-refractivity contribution is -0.137. The van der Waals surface area contributed by atoms with E-state index in [0.717, 1.165) is 10.5 Å². The second-order valence-corrected chi connectivity index (χ2v) is 8.57. The molecule has 1 aromatic rings. The van der Waals surface area contributed by atoms with Crippen LogP contribution in [0.5, 0.6) is 0 Å². The highest BCUT2D eigenvalue weighted by atomic mass is 32.2. The number of carboxylic acid groups (broad SMARTS) is 1. The van der Waals surface area contributed by atoms with E-state index in [2.05, 4.69) is 5.32 Å². The monoisotopic (exact) mass is 341 g/mol. The summed E-state index contributed by atoms with van der Waals surface area (Å²) in [6.07, 6.45) is 1.86. The predicted molar refractivity (Wildman–Crippen MR) is 93.6 cm³/mol. The van der Waals surface area contributed by atoms with Crippen LogP contribution in [0.15, 0.2) is 29.2 Å². The average molecular weight is 341 g/mol. The molecule has 0 aliphatic heterocycles. The second-order valence-electron chi connectivity index (χ2n) is 5.89. The number of hydrogen-bond donors (Lipinski definition) is 2. The van der Waals surface area contributed by atoms with Gasteiger partial charge in [-0.2, -0.15) is 0 Å². The minimum Gasteiger partial charge on any atom is -0.481 e. The maximum absolute atomic E-state index is 12.0. The minimum absolute atomic E-state index is 0.000365. The summed E-state index contributed by atoms with van der Waals surface area (Å²) in [7, 11) is 0. The number of benzene rings is 1. The van der Waals surface area contributed by atoms with Crippen LogP contribution in [0.1, 0.15) is 38.8 Å². The number of nitrogens with one attached hydrogen (secondary N) is 1. The summed E-state index contributed by atoms with van der Waals surface area (Å²) in [5.74, 6) is -0.745. The van der Waals surface area contributed by atoms with Gasteiger partial charge in [0, 0.05) is 9.64 Å². The Kier molecular flexibility index (Phi) is 7.29. The van der Waals surface area contributed by atoms with Crippen LogP contribution < -0.4 is 5.32 Å². The third-order valence-corrected chi connectivity index (χ3v) is 4.88. The highest BCUT2D eigenvalue weighted by Gasteiger charge is 2.20. The first-order chi connectivity index (χ1) is 10.2. The summed E-state index contributed by atoms with van der Waals surface area (Å²) in [5.41, 5.74) is 0.814. The quantitative estimate of drug-likeness (QED) is 0.742. The van der Waals surface area contributed by atoms with E-state index < -0.39 is 12.0 Å². The smallest absolute Gasteiger partial charge is 0.305 e. The van der Waals surface area contributed by atoms with Crippen molar-refractivity contribution >= 4 is 35.4 Å². The maximum atomic E-state index is 12.0. The average Bonchev–Trinajstić information content (AvgIpc) is 2.43. The number of rotatable bonds is 7. The molecule has 1 unspecified atom stereocenters. The molecule has 2 N–H and O–H groups in total. The molecule has 6 heteroatoms. The van der Waals surface area contributed by atoms with Gasteiger partial charge in [-0.15, -0.1) is 23.5 Å². The van der Waals surface area contributed by atoms with Crippen LogP contribution >= 0.6 is 23.5 Å². The van der Waals surface area contributed by atoms with Gasteiger partial charge in [-0.05, 0) is 24.0 Å². The maximum Gasteiger partial charge on any atom is 0.305 e. The van der Waals surface area contributed by atoms with Crippen LogP contribution in [-0.2, 0) is 9.59 Å². The second kappa shape index (κ2) is 8.48. The Bertz CT molecular complexity index is 509. The van der Waals surface area contributed by atoms with Crippen LogP contribution in [0.4, 0.5) is 0 Å². The van der Waals surface area contributed by atoms with Crippen molar-refractivity contribution in [2.75, 3.05) is 12.0 Å². The van der Waals surface area contributed by atoms with Gasteiger partial charge < -0.3 is 10.4 Å². The van der Waals surface area contributed by atoms with E-state index in [9.17, 15) is 9.59 Å². The summed E-state index contributed by atoms with van der Waals surface area (Å²) < 4.78 is -0.000365. The van der Waals surface area contributed by atoms with Crippen molar-refractivity contribution in [2.24, 2.45) is 0 Å². The molecule has 0 spiro atoms. The summed E-state index contributed by atoms with van der Waals surface area (Å²) in [6.45, 7) is 6.13. The molecule has 0 aliphatic carbocycles. The molecule has 0 aliphatic rings. The molecule has 0 aromatic heterocycles. The first-order valence-electron chi connectivity index (χ1n) is 7.00. The largest absolute Gasteiger partial charge is 0.481 e. The Hall–Kier alpha value is -1.14. The molecule has 0 bridgehead atoms. The molecule has 1 atom stereocenters. The van der Waals surface area contributed by atoms with Crippen molar-refractivity contribution in [1.82, 2.24) is 5.32 Å². The standard InChI is InChI=1S/C16H23NO3S2/c1-16(2,3)22-10-14(18)17-13(9-15(19)20)11-5-7-12(21-4)8-6-11/h5-8,13H,9-10H2,1-4H3,(H,17,18)(H,19,20). The molecule has 0 saturated carbocycles. The zero-order valence-electron chi connectivity index (χ0n) is 13.4. The van der Waals surface area contributed by atoms with Crippen molar-refractivity contribution in [2.45, 2.75) is 42.9 Å². The third kappa shape index (κ3) is 7.22. The Labute approximate surface area is 140 Å². The van der Waals surface area contributed by atoms with Crippen molar-refractivity contribution in [3.05, 3.63) is 29.8 Å². The molecular weight excluding hydrogens is 318 g/mol. The third-order valence-electron chi connectivity index (χ3n) is 2.87. The van der Waals surface area contributed by atoms with E-state index in [1.165, 1.54) is 0 Å². The van der Waals surface area contributed by atoms with E-state index in [-0.39, 0.29) is 17.1 Å². The number of carbonyl (C=O) groups is 2. The molecule has 0 heterocycles. The minimum atomic E-state index is -0.928. The number of aliphatic carboxylic acids is 1. The number of thioether (sulfide) groups is 2. The number of hydrogen-bond acceptors (Lipinski definition) is 4. The Balaban J connectivity index is 2.75. The molecule has 4 nitrogen and oxygen atoms in total. The molecule has 0 saturated heterocycles. The van der Waals surface area contributed by atoms with Crippen LogP contribution in [0.25, 0.3) is 0 Å². The van der Waals surface area contributed by atoms with E-state index >= 15 is 0 Å². The fourth-order valence-electron chi connectivity index (χ4n) is 1.78. The molecular formula is C16H23NO3S2. The van der Waals surface area contributed by atoms with Gasteiger partial charge in [0.25, 0.3) is 0 Å². The summed E-state index contributed by atoms with van der Waals surface area (Å²) in [4.78, 5) is 24.2. The zero-order chi connectivity index (χ0) is 16.8. The Morgan fingerprint density at radius 2 is 1.82 bits per heavy atom. The summed E-state index contributed by atoms with van der Waals surface area (Å²) in [5, 5.41) is 11.9. The van der Waals surface area contributed by atoms with Crippen molar-refractivity contribution in [3.63, 3.8) is 0 Å². The summed E-state index contributed by atoms with van der Waals surface area (Å²) in [6, 6.07) is 7.12. The van der Waals surface area contributed by atoms with Crippen LogP contribution in [0.3, 0.4) is 0 Å². The Morgan fingerprint density at radius 3 is 2.27 bits per heavy atom. The SMILES string of the molecule is CSc1ccc(C(CC(=O)O)NC(=O)CSC(C)(C)C)cc1. The van der Waals surface area contributed by atoms with Gasteiger partial charge in [-0.25, -0.2) is 0 Å². The van der Waals surface area contributed by atoms with Crippen LogP contribution in [0.2, 0.25) is 0 Å². The van der Waals surface area contributed by atoms with Crippen LogP contribution in [-0.4, -0.2) is 33.7 Å². The molecule has 22 heavy (non-hydrogen) atoms. The van der Waals surface area contributed by atoms with E-state index in [0.29, 0.717) is 5.75 Å². The number of carboxylic acids is 1. The van der Waals surface area contributed by atoms with Crippen molar-refractivity contribution in [1.29, 1.82) is 0 Å². The fraction of sp³-hybridized carbons (Fsp3) is 0.500. The highest BCUT2D eigenvalue weighted by molar-refractivity contribution is 8.01. The van der Waals surface area contributed by atoms with E-state index in [4.69, 9.17) is 5.11 Å². The van der Waals surface area contributed by atoms with Gasteiger partial charge in [0.05, 0.1) is 18.2 Å². The van der Waals surface area contributed by atoms with Crippen molar-refractivity contribution < 1.29 is 14.7 Å². The van der Waals surface area contributed by atoms with Gasteiger partial charge in [0.2, 0.25) is 5.91 Å². The first kappa shape index (κ1) is 18.9. The molecule has 0 fully saturated rings. The number of carbonyl (C=O) groups excluding carboxylic acids is 1. The van der Waals surface area contributed by atoms with Crippen LogP contribution in [0, 0.1) is 0 Å². The van der Waals surface area contributed by atoms with Gasteiger partial charge in [0.1, 0.15) is 0 Å². The lowest BCUT2D eigenvalue weighted by atomic mass is 10.0. The van der Waals surface area contributed by atoms with Gasteiger partial charge >= 0.3 is 5.97 Å². The normalized spacial score (nSPS) is 12.7. The van der Waals surface area contributed by atoms with Gasteiger partial charge in [0.15, 0.2) is 0 Å². The molecule has 122 valence electrons. The molecule has 0 radical (unpaired) electrons. The van der Waals surface area contributed by atoms with Gasteiger partial charge in [-0.3, -0.25) is 9.59 Å². The summed E-state index contributed by atoms with van der Waals surface area (Å²) >= 11 is 3.16. The zero-order valence-corrected chi connectivity index (χ0v) is 15.0. The lowest BCUT2D eigenvalue weighted by Gasteiger charge is -2.20. The predicted octanol–water partition coefficient (Wildman–Crippen LogP) is 3.57. The molecule has 1 aromatic carbocycles. The molecule has 1 rings (SSSR count). The van der Waals surface area contributed by atoms with Gasteiger partial charge in [-0.1, -0.05) is 32.9 Å². The topological polar surface area (TPSA) is 66.4 Å². The first-order valence-corrected chi connectivity index (χ1v) is 9.21. The molecule has 1 amide bonds. The lowest BCUT2D eigenvalue weighted by Crippen LogP contribution is -2.32.